The molecule has 2 saturated heterocycles. The summed E-state index contributed by atoms with van der Waals surface area (Å²) in [6.45, 7) is 0.594. The summed E-state index contributed by atoms with van der Waals surface area (Å²) in [6.07, 6.45) is -4.44. The van der Waals surface area contributed by atoms with Crippen LogP contribution in [0.5, 0.6) is 0 Å². The fourth-order valence-electron chi connectivity index (χ4n) is 2.55. The third kappa shape index (κ3) is 3.23. The monoisotopic (exact) mass is 396 g/mol. The predicted octanol–water partition coefficient (Wildman–Crippen LogP) is -0.0556. The van der Waals surface area contributed by atoms with E-state index in [1.54, 1.807) is 0 Å². The molecule has 14 heteroatoms. The van der Waals surface area contributed by atoms with E-state index in [1.165, 1.54) is 0 Å². The number of ether oxygens (including phenoxy) is 1. The molecule has 0 amide bonds. The van der Waals surface area contributed by atoms with Crippen LogP contribution in [0.25, 0.3) is 0 Å². The van der Waals surface area contributed by atoms with Gasteiger partial charge in [-0.3, -0.25) is 18.4 Å². The van der Waals surface area contributed by atoms with Crippen LogP contribution in [0.3, 0.4) is 0 Å². The number of nitrogens with two attached hydrogens (primary N) is 1. The van der Waals surface area contributed by atoms with Gasteiger partial charge in [0.2, 0.25) is 6.23 Å². The quantitative estimate of drug-likeness (QED) is 0.590. The number of hydrogen-bond donors (Lipinski definition) is 3. The molecule has 26 heavy (non-hydrogen) atoms. The number of anilines is 1. The van der Waals surface area contributed by atoms with Crippen LogP contribution in [-0.2, 0) is 23.1 Å². The van der Waals surface area contributed by atoms with Gasteiger partial charge in [-0.05, 0) is 13.0 Å². The fourth-order valence-corrected chi connectivity index (χ4v) is 4.25. The standard InChI is InChI=1S/C12H15F2N4O7P/c1-5(9(19)20)17-26(22)23-4-6-8(25-26)12(13,14)10(24-6)18-3-2-7(15)16-11(18)21/h2-3,5-6,8,10H,4H2,1H3,(H,17,22)(H,19,20)(H2,15,16,21)/t5-,6-,8-,10-,26?/m1/s1. The Balaban J connectivity index is 1.86. The van der Waals surface area contributed by atoms with Crippen LogP contribution < -0.4 is 16.5 Å². The molecule has 2 aliphatic heterocycles. The van der Waals surface area contributed by atoms with Gasteiger partial charge in [0, 0.05) is 6.20 Å². The first-order valence-electron chi connectivity index (χ1n) is 7.35. The lowest BCUT2D eigenvalue weighted by molar-refractivity contribution is -0.139. The molecule has 5 atom stereocenters. The number of carboxylic acid groups (broad SMARTS) is 1. The van der Waals surface area contributed by atoms with Crippen molar-refractivity contribution in [2.45, 2.75) is 37.3 Å². The second-order valence-electron chi connectivity index (χ2n) is 5.75. The van der Waals surface area contributed by atoms with Gasteiger partial charge in [-0.2, -0.15) is 13.8 Å². The number of aromatic nitrogens is 2. The molecule has 4 N–H and O–H groups in total. The van der Waals surface area contributed by atoms with Crippen molar-refractivity contribution in [1.29, 1.82) is 0 Å². The molecule has 11 nitrogen and oxygen atoms in total. The van der Waals surface area contributed by atoms with Crippen LogP contribution >= 0.6 is 7.75 Å². The van der Waals surface area contributed by atoms with E-state index in [0.29, 0.717) is 4.57 Å². The van der Waals surface area contributed by atoms with Crippen LogP contribution in [0, 0.1) is 0 Å². The van der Waals surface area contributed by atoms with E-state index in [1.807, 2.05) is 5.09 Å². The van der Waals surface area contributed by atoms with Crippen molar-refractivity contribution in [3.8, 4) is 0 Å². The summed E-state index contributed by atoms with van der Waals surface area (Å²) < 4.78 is 57.4. The van der Waals surface area contributed by atoms with Gasteiger partial charge in [0.15, 0.2) is 6.10 Å². The molecule has 0 bridgehead atoms. The minimum Gasteiger partial charge on any atom is -0.480 e. The molecule has 1 unspecified atom stereocenters. The van der Waals surface area contributed by atoms with E-state index in [4.69, 9.17) is 24.6 Å². The van der Waals surface area contributed by atoms with Crippen molar-refractivity contribution < 1.29 is 37.0 Å². The highest BCUT2D eigenvalue weighted by Crippen LogP contribution is 2.57. The lowest BCUT2D eigenvalue weighted by Gasteiger charge is -2.33. The first-order chi connectivity index (χ1) is 12.0. The van der Waals surface area contributed by atoms with Crippen molar-refractivity contribution in [3.05, 3.63) is 22.7 Å². The summed E-state index contributed by atoms with van der Waals surface area (Å²) in [5.41, 5.74) is 4.27. The van der Waals surface area contributed by atoms with Gasteiger partial charge in [0.05, 0.1) is 6.61 Å². The number of nitrogens with one attached hydrogen (secondary N) is 1. The number of carboxylic acids is 1. The smallest absolute Gasteiger partial charge is 0.406 e. The number of hydrogen-bond acceptors (Lipinski definition) is 8. The maximum absolute atomic E-state index is 14.8. The van der Waals surface area contributed by atoms with Gasteiger partial charge in [-0.1, -0.05) is 0 Å². The molecule has 0 aromatic carbocycles. The molecular weight excluding hydrogens is 381 g/mol. The third-order valence-corrected chi connectivity index (χ3v) is 5.53. The summed E-state index contributed by atoms with van der Waals surface area (Å²) >= 11 is 0. The molecule has 0 aliphatic carbocycles. The van der Waals surface area contributed by atoms with Crippen molar-refractivity contribution >= 4 is 19.5 Å². The van der Waals surface area contributed by atoms with Gasteiger partial charge >= 0.3 is 25.3 Å². The average Bonchev–Trinajstić information content (AvgIpc) is 2.78. The number of aliphatic carboxylic acids is 1. The summed E-state index contributed by atoms with van der Waals surface area (Å²) in [6, 6.07) is -0.228. The Bertz CT molecular complexity index is 834. The molecular formula is C12H15F2N4O7P. The minimum absolute atomic E-state index is 0.152. The SMILES string of the molecule is C[C@@H](NP1(=O)OC[C@H]2O[C@@H](n3ccc(N)nc3=O)C(F)(F)[C@@H]2O1)C(=O)O. The van der Waals surface area contributed by atoms with Crippen molar-refractivity contribution in [2.24, 2.45) is 0 Å². The fraction of sp³-hybridized carbons (Fsp3) is 0.583. The van der Waals surface area contributed by atoms with Gasteiger partial charge in [-0.15, -0.1) is 0 Å². The second-order valence-corrected chi connectivity index (χ2v) is 7.47. The van der Waals surface area contributed by atoms with E-state index in [9.17, 15) is 22.9 Å². The van der Waals surface area contributed by atoms with Gasteiger partial charge in [-0.25, -0.2) is 14.4 Å². The second kappa shape index (κ2) is 6.35. The lowest BCUT2D eigenvalue weighted by atomic mass is 10.1. The number of nitrogens with zero attached hydrogens (tertiary/aromatic N) is 2. The van der Waals surface area contributed by atoms with Crippen molar-refractivity contribution in [3.63, 3.8) is 0 Å². The van der Waals surface area contributed by atoms with E-state index in [0.717, 1.165) is 19.2 Å². The van der Waals surface area contributed by atoms with Crippen molar-refractivity contribution in [2.75, 3.05) is 12.3 Å². The number of fused-ring (bicyclic) bond motifs is 1. The van der Waals surface area contributed by atoms with Crippen molar-refractivity contribution in [1.82, 2.24) is 14.6 Å². The van der Waals surface area contributed by atoms with E-state index >= 15 is 0 Å². The number of halogens is 2. The number of carbonyl (C=O) groups is 1. The molecule has 3 rings (SSSR count). The first kappa shape index (κ1) is 18.9. The van der Waals surface area contributed by atoms with Crippen LogP contribution in [0.2, 0.25) is 0 Å². The highest BCUT2D eigenvalue weighted by Gasteiger charge is 2.65. The molecule has 0 spiro atoms. The Hall–Kier alpha value is -1.92. The van der Waals surface area contributed by atoms with Crippen LogP contribution in [0.4, 0.5) is 14.6 Å². The van der Waals surface area contributed by atoms with Gasteiger partial charge < -0.3 is 15.6 Å². The Kier molecular flexibility index (Phi) is 4.61. The zero-order valence-electron chi connectivity index (χ0n) is 13.2. The Labute approximate surface area is 144 Å². The largest absolute Gasteiger partial charge is 0.480 e. The van der Waals surface area contributed by atoms with E-state index in [-0.39, 0.29) is 5.82 Å². The number of rotatable bonds is 4. The molecule has 144 valence electrons. The Morgan fingerprint density at radius 2 is 2.31 bits per heavy atom. The topological polar surface area (TPSA) is 155 Å². The highest BCUT2D eigenvalue weighted by molar-refractivity contribution is 7.51. The molecule has 3 heterocycles. The molecule has 0 saturated carbocycles. The normalized spacial score (nSPS) is 34.2. The zero-order valence-corrected chi connectivity index (χ0v) is 14.1. The number of nitrogen functional groups attached to an aromatic ring is 1. The first-order valence-corrected chi connectivity index (χ1v) is 8.89. The summed E-state index contributed by atoms with van der Waals surface area (Å²) in [5.74, 6) is -5.30. The Morgan fingerprint density at radius 1 is 1.62 bits per heavy atom. The molecule has 2 aliphatic rings. The summed E-state index contributed by atoms with van der Waals surface area (Å²) in [4.78, 5) is 26.0. The molecule has 1 aromatic heterocycles. The Morgan fingerprint density at radius 3 is 2.92 bits per heavy atom. The lowest BCUT2D eigenvalue weighted by Crippen LogP contribution is -2.47. The third-order valence-electron chi connectivity index (χ3n) is 3.84. The van der Waals surface area contributed by atoms with Gasteiger partial charge in [0.25, 0.3) is 0 Å². The van der Waals surface area contributed by atoms with Crippen LogP contribution in [-0.4, -0.2) is 51.4 Å². The minimum atomic E-state index is -4.33. The van der Waals surface area contributed by atoms with Gasteiger partial charge in [0.1, 0.15) is 18.0 Å². The van der Waals surface area contributed by atoms with E-state index < -0.39 is 56.4 Å². The zero-order chi connectivity index (χ0) is 19.3. The maximum Gasteiger partial charge on any atom is 0.406 e. The molecule has 1 aromatic rings. The number of alkyl halides is 2. The van der Waals surface area contributed by atoms with E-state index in [2.05, 4.69) is 4.98 Å². The molecule has 0 radical (unpaired) electrons. The highest BCUT2D eigenvalue weighted by atomic mass is 31.2. The predicted molar refractivity (Wildman–Crippen MR) is 80.4 cm³/mol. The molecule has 2 fully saturated rings. The average molecular weight is 396 g/mol. The summed E-state index contributed by atoms with van der Waals surface area (Å²) in [5, 5.41) is 10.9. The maximum atomic E-state index is 14.8. The van der Waals surface area contributed by atoms with Crippen LogP contribution in [0.1, 0.15) is 13.2 Å². The van der Waals surface area contributed by atoms with Crippen LogP contribution in [0.15, 0.2) is 17.1 Å². The summed E-state index contributed by atoms with van der Waals surface area (Å²) in [7, 11) is -4.33.